The fourth-order valence-electron chi connectivity index (χ4n) is 3.26. The molecule has 158 valence electrons. The minimum atomic E-state index is 0.0142. The zero-order valence-electron chi connectivity index (χ0n) is 18.0. The van der Waals surface area contributed by atoms with Crippen LogP contribution in [0.4, 0.5) is 0 Å². The standard InChI is InChI=1S/C24H40N2OS/c1-3-4-5-6-7-8-9-10-11-12-13-14-15-19-24(27)26-25-21-22-17-16-18-23(20-22)28-2/h16-18,20-21H,3-15,19H2,1-2H3,(H,26,27)/b25-21+. The molecule has 0 saturated heterocycles. The lowest BCUT2D eigenvalue weighted by molar-refractivity contribution is -0.121. The van der Waals surface area contributed by atoms with Crippen LogP contribution >= 0.6 is 11.8 Å². The SMILES string of the molecule is CCCCCCCCCCCCCCCC(=O)N/N=C/c1cccc(SC)c1. The van der Waals surface area contributed by atoms with E-state index in [1.807, 2.05) is 18.4 Å². The largest absolute Gasteiger partial charge is 0.273 e. The summed E-state index contributed by atoms with van der Waals surface area (Å²) in [6.07, 6.45) is 21.5. The number of nitrogens with one attached hydrogen (secondary N) is 1. The number of rotatable bonds is 17. The maximum absolute atomic E-state index is 11.8. The summed E-state index contributed by atoms with van der Waals surface area (Å²) >= 11 is 1.70. The molecular formula is C24H40N2OS. The van der Waals surface area contributed by atoms with Gasteiger partial charge in [0.1, 0.15) is 0 Å². The lowest BCUT2D eigenvalue weighted by Gasteiger charge is -2.03. The highest BCUT2D eigenvalue weighted by atomic mass is 32.2. The first-order valence-corrected chi connectivity index (χ1v) is 12.4. The molecule has 0 atom stereocenters. The van der Waals surface area contributed by atoms with Gasteiger partial charge in [-0.1, -0.05) is 96.1 Å². The number of unbranched alkanes of at least 4 members (excludes halogenated alkanes) is 12. The number of amides is 1. The normalized spacial score (nSPS) is 11.2. The number of carbonyl (C=O) groups is 1. The van der Waals surface area contributed by atoms with Gasteiger partial charge in [-0.25, -0.2) is 5.43 Å². The third-order valence-electron chi connectivity index (χ3n) is 5.00. The maximum atomic E-state index is 11.8. The van der Waals surface area contributed by atoms with Gasteiger partial charge in [0, 0.05) is 11.3 Å². The second kappa shape index (κ2) is 17.8. The highest BCUT2D eigenvalue weighted by molar-refractivity contribution is 7.98. The van der Waals surface area contributed by atoms with Crippen molar-refractivity contribution >= 4 is 23.9 Å². The molecular weight excluding hydrogens is 364 g/mol. The van der Waals surface area contributed by atoms with E-state index in [9.17, 15) is 4.79 Å². The van der Waals surface area contributed by atoms with Crippen molar-refractivity contribution in [1.29, 1.82) is 0 Å². The lowest BCUT2D eigenvalue weighted by atomic mass is 10.0. The molecule has 0 unspecified atom stereocenters. The summed E-state index contributed by atoms with van der Waals surface area (Å²) in [6.45, 7) is 2.27. The Bertz CT molecular complexity index is 545. The summed E-state index contributed by atoms with van der Waals surface area (Å²) in [5, 5.41) is 4.06. The predicted octanol–water partition coefficient (Wildman–Crippen LogP) is 7.34. The van der Waals surface area contributed by atoms with Gasteiger partial charge in [0.05, 0.1) is 6.21 Å². The van der Waals surface area contributed by atoms with Gasteiger partial charge in [-0.15, -0.1) is 11.8 Å². The van der Waals surface area contributed by atoms with Crippen LogP contribution in [0.1, 0.15) is 102 Å². The molecule has 28 heavy (non-hydrogen) atoms. The van der Waals surface area contributed by atoms with E-state index in [4.69, 9.17) is 0 Å². The van der Waals surface area contributed by atoms with Crippen LogP contribution in [-0.2, 0) is 4.79 Å². The van der Waals surface area contributed by atoms with Crippen LogP contribution in [0.25, 0.3) is 0 Å². The topological polar surface area (TPSA) is 41.5 Å². The van der Waals surface area contributed by atoms with E-state index < -0.39 is 0 Å². The fourth-order valence-corrected chi connectivity index (χ4v) is 3.73. The summed E-state index contributed by atoms with van der Waals surface area (Å²) in [4.78, 5) is 13.0. The minimum Gasteiger partial charge on any atom is -0.273 e. The fraction of sp³-hybridized carbons (Fsp3) is 0.667. The molecule has 1 rings (SSSR count). The van der Waals surface area contributed by atoms with E-state index in [1.54, 1.807) is 18.0 Å². The quantitative estimate of drug-likeness (QED) is 0.128. The molecule has 0 aromatic heterocycles. The molecule has 1 aromatic rings. The Kier molecular flexibility index (Phi) is 15.7. The number of hydrogen-bond acceptors (Lipinski definition) is 3. The van der Waals surface area contributed by atoms with Crippen molar-refractivity contribution in [2.45, 2.75) is 102 Å². The molecule has 0 aliphatic rings. The van der Waals surface area contributed by atoms with Gasteiger partial charge in [0.25, 0.3) is 0 Å². The van der Waals surface area contributed by atoms with Gasteiger partial charge in [-0.3, -0.25) is 4.79 Å². The predicted molar refractivity (Wildman–Crippen MR) is 124 cm³/mol. The van der Waals surface area contributed by atoms with Gasteiger partial charge in [0.15, 0.2) is 0 Å². The van der Waals surface area contributed by atoms with E-state index in [-0.39, 0.29) is 5.91 Å². The second-order valence-electron chi connectivity index (χ2n) is 7.56. The first-order chi connectivity index (χ1) is 13.8. The van der Waals surface area contributed by atoms with Crippen molar-refractivity contribution in [3.63, 3.8) is 0 Å². The average molecular weight is 405 g/mol. The smallest absolute Gasteiger partial charge is 0.240 e. The summed E-state index contributed by atoms with van der Waals surface area (Å²) in [6, 6.07) is 8.12. The van der Waals surface area contributed by atoms with Crippen LogP contribution in [-0.4, -0.2) is 18.4 Å². The Hall–Kier alpha value is -1.29. The zero-order valence-corrected chi connectivity index (χ0v) is 18.9. The Morgan fingerprint density at radius 3 is 2.07 bits per heavy atom. The second-order valence-corrected chi connectivity index (χ2v) is 8.44. The number of thioether (sulfide) groups is 1. The van der Waals surface area contributed by atoms with Crippen LogP contribution in [0, 0.1) is 0 Å². The molecule has 0 aliphatic carbocycles. The molecule has 0 bridgehead atoms. The van der Waals surface area contributed by atoms with Crippen molar-refractivity contribution in [2.75, 3.05) is 6.26 Å². The monoisotopic (exact) mass is 404 g/mol. The first-order valence-electron chi connectivity index (χ1n) is 11.2. The van der Waals surface area contributed by atoms with Gasteiger partial charge in [-0.2, -0.15) is 5.10 Å². The molecule has 0 spiro atoms. The summed E-state index contributed by atoms with van der Waals surface area (Å²) in [5.41, 5.74) is 3.64. The molecule has 4 heteroatoms. The third-order valence-corrected chi connectivity index (χ3v) is 5.73. The van der Waals surface area contributed by atoms with Crippen LogP contribution < -0.4 is 5.43 Å². The Balaban J connectivity index is 1.92. The lowest BCUT2D eigenvalue weighted by Crippen LogP contribution is -2.16. The Morgan fingerprint density at radius 2 is 1.50 bits per heavy atom. The average Bonchev–Trinajstić information content (AvgIpc) is 2.71. The number of carbonyl (C=O) groups excluding carboxylic acids is 1. The molecule has 0 fully saturated rings. The first kappa shape index (κ1) is 24.7. The van der Waals surface area contributed by atoms with Crippen LogP contribution in [0.3, 0.4) is 0 Å². The molecule has 0 aliphatic heterocycles. The molecule has 1 aromatic carbocycles. The van der Waals surface area contributed by atoms with E-state index in [2.05, 4.69) is 29.6 Å². The summed E-state index contributed by atoms with van der Waals surface area (Å²) in [5.74, 6) is 0.0142. The zero-order chi connectivity index (χ0) is 20.3. The third kappa shape index (κ3) is 13.8. The van der Waals surface area contributed by atoms with Crippen molar-refractivity contribution in [2.24, 2.45) is 5.10 Å². The van der Waals surface area contributed by atoms with Crippen molar-refractivity contribution in [1.82, 2.24) is 5.43 Å². The van der Waals surface area contributed by atoms with Crippen molar-refractivity contribution in [3.8, 4) is 0 Å². The highest BCUT2D eigenvalue weighted by Gasteiger charge is 2.00. The Morgan fingerprint density at radius 1 is 0.929 bits per heavy atom. The van der Waals surface area contributed by atoms with Gasteiger partial charge in [-0.05, 0) is 30.4 Å². The molecule has 3 nitrogen and oxygen atoms in total. The van der Waals surface area contributed by atoms with E-state index in [0.717, 1.165) is 18.4 Å². The van der Waals surface area contributed by atoms with E-state index in [1.165, 1.54) is 75.5 Å². The van der Waals surface area contributed by atoms with Crippen LogP contribution in [0.2, 0.25) is 0 Å². The number of nitrogens with zero attached hydrogens (tertiary/aromatic N) is 1. The van der Waals surface area contributed by atoms with Gasteiger partial charge >= 0.3 is 0 Å². The number of hydrogen-bond donors (Lipinski definition) is 1. The number of hydrazone groups is 1. The molecule has 0 radical (unpaired) electrons. The van der Waals surface area contributed by atoms with E-state index >= 15 is 0 Å². The van der Waals surface area contributed by atoms with Crippen LogP contribution in [0.5, 0.6) is 0 Å². The van der Waals surface area contributed by atoms with Gasteiger partial charge in [0.2, 0.25) is 5.91 Å². The molecule has 1 amide bonds. The van der Waals surface area contributed by atoms with Gasteiger partial charge < -0.3 is 0 Å². The van der Waals surface area contributed by atoms with Crippen molar-refractivity contribution < 1.29 is 4.79 Å². The summed E-state index contributed by atoms with van der Waals surface area (Å²) < 4.78 is 0. The van der Waals surface area contributed by atoms with E-state index in [0.29, 0.717) is 6.42 Å². The molecule has 0 saturated carbocycles. The Labute approximate surface area is 177 Å². The summed E-state index contributed by atoms with van der Waals surface area (Å²) in [7, 11) is 0. The number of benzene rings is 1. The molecule has 0 heterocycles. The highest BCUT2D eigenvalue weighted by Crippen LogP contribution is 2.15. The molecule has 1 N–H and O–H groups in total. The minimum absolute atomic E-state index is 0.0142. The van der Waals surface area contributed by atoms with Crippen molar-refractivity contribution in [3.05, 3.63) is 29.8 Å². The van der Waals surface area contributed by atoms with Crippen LogP contribution in [0.15, 0.2) is 34.3 Å². The maximum Gasteiger partial charge on any atom is 0.240 e.